The van der Waals surface area contributed by atoms with Crippen molar-refractivity contribution >= 4 is 22.9 Å². The molecule has 0 saturated heterocycles. The Labute approximate surface area is 167 Å². The number of carbonyl (C=O) groups is 2. The van der Waals surface area contributed by atoms with Crippen molar-refractivity contribution in [2.24, 2.45) is 0 Å². The Morgan fingerprint density at radius 3 is 2.10 bits per heavy atom. The molecule has 0 radical (unpaired) electrons. The van der Waals surface area contributed by atoms with Crippen LogP contribution in [0.4, 0.5) is 0 Å². The zero-order valence-electron chi connectivity index (χ0n) is 17.0. The molecule has 0 atom stereocenters. The van der Waals surface area contributed by atoms with Crippen molar-refractivity contribution in [3.05, 3.63) is 27.1 Å². The zero-order chi connectivity index (χ0) is 21.7. The van der Waals surface area contributed by atoms with E-state index in [9.17, 15) is 19.5 Å². The molecular formula is C20H24O9. The average molecular weight is 408 g/mol. The molecule has 0 spiro atoms. The van der Waals surface area contributed by atoms with E-state index in [1.54, 1.807) is 6.92 Å². The number of benzene rings is 1. The fourth-order valence-corrected chi connectivity index (χ4v) is 3.38. The molecule has 1 heterocycles. The number of hydrogen-bond donors (Lipinski definition) is 1. The van der Waals surface area contributed by atoms with Crippen LogP contribution in [0.1, 0.15) is 29.5 Å². The van der Waals surface area contributed by atoms with Crippen LogP contribution in [-0.2, 0) is 27.2 Å². The number of fused-ring (bicyclic) bond motifs is 1. The number of methoxy groups -OCH3 is 4. The van der Waals surface area contributed by atoms with Gasteiger partial charge in [-0.3, -0.25) is 9.59 Å². The van der Waals surface area contributed by atoms with Crippen LogP contribution in [0.5, 0.6) is 17.2 Å². The van der Waals surface area contributed by atoms with Crippen molar-refractivity contribution in [2.75, 3.05) is 28.4 Å². The molecule has 2 aromatic rings. The van der Waals surface area contributed by atoms with Crippen molar-refractivity contribution < 1.29 is 38.1 Å². The second kappa shape index (κ2) is 9.31. The minimum absolute atomic E-state index is 0.000198. The Balaban J connectivity index is 2.88. The number of rotatable bonds is 9. The van der Waals surface area contributed by atoms with E-state index in [1.807, 2.05) is 0 Å². The molecule has 1 aromatic heterocycles. The van der Waals surface area contributed by atoms with Gasteiger partial charge < -0.3 is 28.5 Å². The third kappa shape index (κ3) is 4.28. The summed E-state index contributed by atoms with van der Waals surface area (Å²) in [7, 11) is 5.59. The summed E-state index contributed by atoms with van der Waals surface area (Å²) < 4.78 is 26.5. The Hall–Kier alpha value is -3.23. The van der Waals surface area contributed by atoms with Crippen LogP contribution in [0.3, 0.4) is 0 Å². The number of carboxylic acid groups (broad SMARTS) is 1. The van der Waals surface area contributed by atoms with Gasteiger partial charge in [0, 0.05) is 12.0 Å². The van der Waals surface area contributed by atoms with Gasteiger partial charge in [0.2, 0.25) is 5.75 Å². The topological polar surface area (TPSA) is 122 Å². The predicted molar refractivity (Wildman–Crippen MR) is 103 cm³/mol. The monoisotopic (exact) mass is 408 g/mol. The smallest absolute Gasteiger partial charge is 0.340 e. The van der Waals surface area contributed by atoms with E-state index in [2.05, 4.69) is 4.74 Å². The van der Waals surface area contributed by atoms with E-state index in [0.717, 1.165) is 0 Å². The molecule has 0 unspecified atom stereocenters. The first kappa shape index (κ1) is 22.1. The number of carboxylic acids is 1. The molecule has 1 aromatic carbocycles. The molecule has 0 aliphatic rings. The van der Waals surface area contributed by atoms with Gasteiger partial charge in [0.1, 0.15) is 5.75 Å². The minimum Gasteiger partial charge on any atom is -0.496 e. The maximum absolute atomic E-state index is 12.6. The standard InChI is InChI=1S/C20H24O9/c1-10-16(26-3)15-11(7-6-8-14(23)25-2)12(9-13(21)22)20(24)29-18(15)19(28-5)17(10)27-4/h6-9H2,1-5H3,(H,21,22). The van der Waals surface area contributed by atoms with Gasteiger partial charge in [0.15, 0.2) is 11.3 Å². The Morgan fingerprint density at radius 1 is 0.966 bits per heavy atom. The second-order valence-corrected chi connectivity index (χ2v) is 6.28. The van der Waals surface area contributed by atoms with E-state index in [1.165, 1.54) is 28.4 Å². The zero-order valence-corrected chi connectivity index (χ0v) is 17.0. The molecule has 0 bridgehead atoms. The molecule has 0 aliphatic carbocycles. The third-order valence-electron chi connectivity index (χ3n) is 4.63. The highest BCUT2D eigenvalue weighted by molar-refractivity contribution is 5.96. The van der Waals surface area contributed by atoms with Gasteiger partial charge in [0.25, 0.3) is 0 Å². The molecule has 2 rings (SSSR count). The fraction of sp³-hybridized carbons (Fsp3) is 0.450. The van der Waals surface area contributed by atoms with Crippen molar-refractivity contribution in [1.29, 1.82) is 0 Å². The minimum atomic E-state index is -1.18. The van der Waals surface area contributed by atoms with Crippen molar-refractivity contribution in [3.8, 4) is 17.2 Å². The van der Waals surface area contributed by atoms with E-state index >= 15 is 0 Å². The first-order valence-electron chi connectivity index (χ1n) is 8.86. The van der Waals surface area contributed by atoms with Crippen LogP contribution >= 0.6 is 0 Å². The highest BCUT2D eigenvalue weighted by atomic mass is 16.5. The molecule has 1 N–H and O–H groups in total. The van der Waals surface area contributed by atoms with Gasteiger partial charge in [-0.2, -0.15) is 0 Å². The average Bonchev–Trinajstić information content (AvgIpc) is 2.69. The summed E-state index contributed by atoms with van der Waals surface area (Å²) in [6.45, 7) is 1.75. The molecule has 0 amide bonds. The van der Waals surface area contributed by atoms with Gasteiger partial charge >= 0.3 is 17.6 Å². The molecule has 0 aliphatic heterocycles. The highest BCUT2D eigenvalue weighted by Crippen LogP contribution is 2.46. The lowest BCUT2D eigenvalue weighted by Crippen LogP contribution is -2.17. The number of aliphatic carboxylic acids is 1. The molecule has 9 heteroatoms. The van der Waals surface area contributed by atoms with E-state index in [4.69, 9.17) is 18.6 Å². The largest absolute Gasteiger partial charge is 0.496 e. The molecule has 158 valence electrons. The van der Waals surface area contributed by atoms with Crippen molar-refractivity contribution in [1.82, 2.24) is 0 Å². The van der Waals surface area contributed by atoms with Gasteiger partial charge in [-0.15, -0.1) is 0 Å². The highest BCUT2D eigenvalue weighted by Gasteiger charge is 2.27. The third-order valence-corrected chi connectivity index (χ3v) is 4.63. The van der Waals surface area contributed by atoms with Crippen LogP contribution in [0.2, 0.25) is 0 Å². The van der Waals surface area contributed by atoms with Crippen LogP contribution < -0.4 is 19.8 Å². The molecule has 9 nitrogen and oxygen atoms in total. The van der Waals surface area contributed by atoms with Gasteiger partial charge in [-0.1, -0.05) is 0 Å². The first-order valence-corrected chi connectivity index (χ1v) is 8.86. The Morgan fingerprint density at radius 2 is 1.59 bits per heavy atom. The normalized spacial score (nSPS) is 10.7. The summed E-state index contributed by atoms with van der Waals surface area (Å²) in [5, 5.41) is 9.69. The lowest BCUT2D eigenvalue weighted by molar-refractivity contribution is -0.140. The van der Waals surface area contributed by atoms with Crippen LogP contribution in [0, 0.1) is 6.92 Å². The second-order valence-electron chi connectivity index (χ2n) is 6.28. The van der Waals surface area contributed by atoms with Crippen LogP contribution in [0.15, 0.2) is 9.21 Å². The Bertz CT molecular complexity index is 988. The Kier molecular flexibility index (Phi) is 7.08. The number of carbonyl (C=O) groups excluding carboxylic acids is 1. The summed E-state index contributed by atoms with van der Waals surface area (Å²) in [4.78, 5) is 35.5. The molecular weight excluding hydrogens is 384 g/mol. The van der Waals surface area contributed by atoms with Gasteiger partial charge in [-0.25, -0.2) is 4.79 Å². The SMILES string of the molecule is COC(=O)CCCc1c(CC(=O)O)c(=O)oc2c(OC)c(OC)c(C)c(OC)c12. The molecule has 29 heavy (non-hydrogen) atoms. The van der Waals surface area contributed by atoms with Crippen molar-refractivity contribution in [3.63, 3.8) is 0 Å². The number of esters is 1. The lowest BCUT2D eigenvalue weighted by atomic mass is 9.94. The van der Waals surface area contributed by atoms with Gasteiger partial charge in [0.05, 0.1) is 45.8 Å². The summed E-state index contributed by atoms with van der Waals surface area (Å²) in [6.07, 6.45) is 0.168. The molecule has 0 saturated carbocycles. The van der Waals surface area contributed by atoms with Gasteiger partial charge in [-0.05, 0) is 25.3 Å². The van der Waals surface area contributed by atoms with E-state index < -0.39 is 24.0 Å². The summed E-state index contributed by atoms with van der Waals surface area (Å²) in [5.74, 6) is -0.664. The van der Waals surface area contributed by atoms with E-state index in [0.29, 0.717) is 34.4 Å². The predicted octanol–water partition coefficient (Wildman–Crippen LogP) is 2.25. The maximum Gasteiger partial charge on any atom is 0.340 e. The maximum atomic E-state index is 12.6. The van der Waals surface area contributed by atoms with E-state index in [-0.39, 0.29) is 29.7 Å². The van der Waals surface area contributed by atoms with Crippen molar-refractivity contribution in [2.45, 2.75) is 32.6 Å². The number of aryl methyl sites for hydroxylation is 1. The number of hydrogen-bond acceptors (Lipinski definition) is 8. The summed E-state index contributed by atoms with van der Waals surface area (Å²) in [5.41, 5.74) is 0.338. The molecule has 0 fully saturated rings. The summed E-state index contributed by atoms with van der Waals surface area (Å²) in [6, 6.07) is 0. The fourth-order valence-electron chi connectivity index (χ4n) is 3.38. The quantitative estimate of drug-likeness (QED) is 0.492. The lowest BCUT2D eigenvalue weighted by Gasteiger charge is -2.19. The number of ether oxygens (including phenoxy) is 4. The summed E-state index contributed by atoms with van der Waals surface area (Å²) >= 11 is 0. The first-order chi connectivity index (χ1) is 13.8. The van der Waals surface area contributed by atoms with Crippen LogP contribution in [0.25, 0.3) is 11.0 Å². The van der Waals surface area contributed by atoms with Crippen LogP contribution in [-0.4, -0.2) is 45.5 Å².